The van der Waals surface area contributed by atoms with Gasteiger partial charge in [0, 0.05) is 26.7 Å². The summed E-state index contributed by atoms with van der Waals surface area (Å²) in [5.74, 6) is 0.665. The van der Waals surface area contributed by atoms with Gasteiger partial charge in [-0.05, 0) is 31.8 Å². The Hall–Kier alpha value is -0.170. The number of hydrogen-bond donors (Lipinski definition) is 1. The molecule has 19 heavy (non-hydrogen) atoms. The van der Waals surface area contributed by atoms with Crippen LogP contribution in [0.5, 0.6) is 0 Å². The Kier molecular flexibility index (Phi) is 8.81. The standard InChI is InChI=1S/C13H31N3O2S/c1-12(2)10-16(11-13(3)4)19(17,18)15(6)9-7-8-14-5/h12-14H,7-11H2,1-6H3. The predicted octanol–water partition coefficient (Wildman–Crippen LogP) is 1.39. The maximum atomic E-state index is 12.5. The van der Waals surface area contributed by atoms with Gasteiger partial charge in [-0.3, -0.25) is 0 Å². The summed E-state index contributed by atoms with van der Waals surface area (Å²) < 4.78 is 28.1. The summed E-state index contributed by atoms with van der Waals surface area (Å²) in [6.07, 6.45) is 0.823. The number of hydrogen-bond acceptors (Lipinski definition) is 3. The molecule has 0 rings (SSSR count). The molecular formula is C13H31N3O2S. The highest BCUT2D eigenvalue weighted by Crippen LogP contribution is 2.13. The first-order chi connectivity index (χ1) is 8.71. The van der Waals surface area contributed by atoms with Crippen LogP contribution in [0, 0.1) is 11.8 Å². The lowest BCUT2D eigenvalue weighted by atomic mass is 10.2. The first-order valence-electron chi connectivity index (χ1n) is 7.07. The minimum Gasteiger partial charge on any atom is -0.320 e. The molecule has 0 spiro atoms. The van der Waals surface area contributed by atoms with E-state index in [1.54, 1.807) is 11.4 Å². The van der Waals surface area contributed by atoms with Crippen LogP contribution >= 0.6 is 0 Å². The lowest BCUT2D eigenvalue weighted by molar-refractivity contribution is 0.304. The fraction of sp³-hybridized carbons (Fsp3) is 1.00. The second-order valence-corrected chi connectivity index (χ2v) is 7.93. The Bertz CT molecular complexity index is 319. The van der Waals surface area contributed by atoms with Crippen molar-refractivity contribution >= 4 is 10.2 Å². The van der Waals surface area contributed by atoms with Crippen molar-refractivity contribution in [2.75, 3.05) is 40.3 Å². The second-order valence-electron chi connectivity index (χ2n) is 5.89. The fourth-order valence-corrected chi connectivity index (χ4v) is 3.60. The van der Waals surface area contributed by atoms with Gasteiger partial charge in [0.25, 0.3) is 10.2 Å². The maximum absolute atomic E-state index is 12.5. The maximum Gasteiger partial charge on any atom is 0.281 e. The van der Waals surface area contributed by atoms with Crippen molar-refractivity contribution < 1.29 is 8.42 Å². The van der Waals surface area contributed by atoms with Crippen molar-refractivity contribution in [2.45, 2.75) is 34.1 Å². The summed E-state index contributed by atoms with van der Waals surface area (Å²) in [4.78, 5) is 0. The average molecular weight is 293 g/mol. The van der Waals surface area contributed by atoms with Gasteiger partial charge in [0.15, 0.2) is 0 Å². The second kappa shape index (κ2) is 8.89. The smallest absolute Gasteiger partial charge is 0.281 e. The van der Waals surface area contributed by atoms with Crippen molar-refractivity contribution in [1.82, 2.24) is 13.9 Å². The molecule has 0 aromatic heterocycles. The van der Waals surface area contributed by atoms with E-state index in [4.69, 9.17) is 0 Å². The monoisotopic (exact) mass is 293 g/mol. The van der Waals surface area contributed by atoms with Crippen LogP contribution in [-0.2, 0) is 10.2 Å². The summed E-state index contributed by atoms with van der Waals surface area (Å²) in [6, 6.07) is 0. The molecule has 0 heterocycles. The van der Waals surface area contributed by atoms with Crippen LogP contribution in [0.15, 0.2) is 0 Å². The van der Waals surface area contributed by atoms with Gasteiger partial charge in [-0.1, -0.05) is 27.7 Å². The lowest BCUT2D eigenvalue weighted by Crippen LogP contribution is -2.45. The molecule has 0 radical (unpaired) electrons. The van der Waals surface area contributed by atoms with E-state index in [9.17, 15) is 8.42 Å². The molecule has 0 unspecified atom stereocenters. The Morgan fingerprint density at radius 3 is 1.89 bits per heavy atom. The third-order valence-corrected chi connectivity index (χ3v) is 4.68. The topological polar surface area (TPSA) is 52.7 Å². The zero-order chi connectivity index (χ0) is 15.1. The molecule has 0 aliphatic heterocycles. The van der Waals surface area contributed by atoms with Gasteiger partial charge in [0.05, 0.1) is 0 Å². The summed E-state index contributed by atoms with van der Waals surface area (Å²) in [7, 11) is 0.206. The van der Waals surface area contributed by atoms with Gasteiger partial charge in [0.2, 0.25) is 0 Å². The lowest BCUT2D eigenvalue weighted by Gasteiger charge is -2.30. The van der Waals surface area contributed by atoms with Crippen LogP contribution < -0.4 is 5.32 Å². The van der Waals surface area contributed by atoms with Crippen LogP contribution in [0.1, 0.15) is 34.1 Å². The normalized spacial score (nSPS) is 13.2. The Labute approximate surface area is 119 Å². The van der Waals surface area contributed by atoms with Gasteiger partial charge in [-0.25, -0.2) is 0 Å². The Morgan fingerprint density at radius 1 is 1.05 bits per heavy atom. The Morgan fingerprint density at radius 2 is 1.53 bits per heavy atom. The van der Waals surface area contributed by atoms with Gasteiger partial charge in [-0.15, -0.1) is 0 Å². The minimum absolute atomic E-state index is 0.333. The average Bonchev–Trinajstić information content (AvgIpc) is 2.27. The van der Waals surface area contributed by atoms with Gasteiger partial charge < -0.3 is 5.32 Å². The largest absolute Gasteiger partial charge is 0.320 e. The van der Waals surface area contributed by atoms with Crippen molar-refractivity contribution in [3.05, 3.63) is 0 Å². The van der Waals surface area contributed by atoms with Gasteiger partial charge in [-0.2, -0.15) is 17.0 Å². The van der Waals surface area contributed by atoms with Crippen LogP contribution in [-0.4, -0.2) is 57.3 Å². The van der Waals surface area contributed by atoms with Crippen molar-refractivity contribution in [3.8, 4) is 0 Å². The SMILES string of the molecule is CNCCCN(C)S(=O)(=O)N(CC(C)C)CC(C)C. The van der Waals surface area contributed by atoms with E-state index in [1.165, 1.54) is 4.31 Å². The van der Waals surface area contributed by atoms with Gasteiger partial charge >= 0.3 is 0 Å². The van der Waals surface area contributed by atoms with Crippen LogP contribution in [0.2, 0.25) is 0 Å². The quantitative estimate of drug-likeness (QED) is 0.619. The molecule has 0 aromatic rings. The molecule has 0 bridgehead atoms. The first-order valence-corrected chi connectivity index (χ1v) is 8.47. The summed E-state index contributed by atoms with van der Waals surface area (Å²) in [5, 5.41) is 3.03. The van der Waals surface area contributed by atoms with Crippen molar-refractivity contribution in [3.63, 3.8) is 0 Å². The molecular weight excluding hydrogens is 262 g/mol. The van der Waals surface area contributed by atoms with E-state index in [0.717, 1.165) is 13.0 Å². The van der Waals surface area contributed by atoms with Gasteiger partial charge in [0.1, 0.15) is 0 Å². The molecule has 0 amide bonds. The zero-order valence-electron chi connectivity index (χ0n) is 13.3. The molecule has 6 heteroatoms. The van der Waals surface area contributed by atoms with Crippen molar-refractivity contribution in [1.29, 1.82) is 0 Å². The third-order valence-electron chi connectivity index (χ3n) is 2.76. The predicted molar refractivity (Wildman–Crippen MR) is 81.3 cm³/mol. The molecule has 0 aliphatic carbocycles. The van der Waals surface area contributed by atoms with E-state index in [2.05, 4.69) is 5.32 Å². The van der Waals surface area contributed by atoms with E-state index in [-0.39, 0.29) is 0 Å². The number of nitrogens with zero attached hydrogens (tertiary/aromatic N) is 2. The van der Waals surface area contributed by atoms with E-state index >= 15 is 0 Å². The highest BCUT2D eigenvalue weighted by atomic mass is 32.2. The molecule has 0 atom stereocenters. The number of nitrogens with one attached hydrogen (secondary N) is 1. The highest BCUT2D eigenvalue weighted by Gasteiger charge is 2.27. The number of rotatable bonds is 10. The molecule has 1 N–H and O–H groups in total. The molecule has 0 aromatic carbocycles. The summed E-state index contributed by atoms with van der Waals surface area (Å²) in [6.45, 7) is 10.7. The first kappa shape index (κ1) is 18.8. The van der Waals surface area contributed by atoms with E-state index in [0.29, 0.717) is 31.5 Å². The molecule has 0 fully saturated rings. The van der Waals surface area contributed by atoms with Crippen LogP contribution in [0.4, 0.5) is 0 Å². The molecule has 5 nitrogen and oxygen atoms in total. The highest BCUT2D eigenvalue weighted by molar-refractivity contribution is 7.86. The Balaban J connectivity index is 4.75. The van der Waals surface area contributed by atoms with E-state index < -0.39 is 10.2 Å². The third kappa shape index (κ3) is 7.25. The summed E-state index contributed by atoms with van der Waals surface area (Å²) in [5.41, 5.74) is 0. The zero-order valence-corrected chi connectivity index (χ0v) is 14.1. The molecule has 0 saturated heterocycles. The molecule has 0 saturated carbocycles. The van der Waals surface area contributed by atoms with Crippen LogP contribution in [0.25, 0.3) is 0 Å². The molecule has 0 aliphatic rings. The fourth-order valence-electron chi connectivity index (χ4n) is 1.87. The van der Waals surface area contributed by atoms with Crippen LogP contribution in [0.3, 0.4) is 0 Å². The van der Waals surface area contributed by atoms with Crippen molar-refractivity contribution in [2.24, 2.45) is 11.8 Å². The summed E-state index contributed by atoms with van der Waals surface area (Å²) >= 11 is 0. The minimum atomic E-state index is -3.33. The van der Waals surface area contributed by atoms with E-state index in [1.807, 2.05) is 34.7 Å². The molecule has 116 valence electrons.